The van der Waals surface area contributed by atoms with Crippen LogP contribution in [0.15, 0.2) is 12.1 Å². The molecule has 1 aromatic carbocycles. The average molecular weight is 266 g/mol. The third kappa shape index (κ3) is 2.77. The monoisotopic (exact) mass is 266 g/mol. The Morgan fingerprint density at radius 1 is 0.895 bits per heavy atom. The van der Waals surface area contributed by atoms with E-state index >= 15 is 0 Å². The Morgan fingerprint density at radius 3 is 2.05 bits per heavy atom. The molecule has 1 heterocycles. The van der Waals surface area contributed by atoms with Crippen LogP contribution in [-0.2, 0) is 0 Å². The van der Waals surface area contributed by atoms with Crippen molar-refractivity contribution in [1.29, 1.82) is 0 Å². The van der Waals surface area contributed by atoms with Gasteiger partial charge in [-0.25, -0.2) is 0 Å². The van der Waals surface area contributed by atoms with Gasteiger partial charge in [0.2, 0.25) is 0 Å². The highest BCUT2D eigenvalue weighted by Gasteiger charge is 2.26. The number of hydrogen-bond donors (Lipinski definition) is 2. The van der Waals surface area contributed by atoms with E-state index in [4.69, 9.17) is 14.2 Å². The highest BCUT2D eigenvalue weighted by Crippen LogP contribution is 2.38. The maximum Gasteiger partial charge on any atom is 0.164 e. The fourth-order valence-corrected chi connectivity index (χ4v) is 2.50. The minimum Gasteiger partial charge on any atom is -0.496 e. The zero-order valence-corrected chi connectivity index (χ0v) is 11.9. The number of ether oxygens (including phenoxy) is 3. The smallest absolute Gasteiger partial charge is 0.164 e. The summed E-state index contributed by atoms with van der Waals surface area (Å²) in [5.74, 6) is 2.21. The van der Waals surface area contributed by atoms with Crippen LogP contribution in [0.1, 0.15) is 18.5 Å². The molecule has 0 amide bonds. The minimum absolute atomic E-state index is 0.198. The molecule has 0 aromatic heterocycles. The van der Waals surface area contributed by atoms with Crippen molar-refractivity contribution >= 4 is 0 Å². The molecule has 0 bridgehead atoms. The van der Waals surface area contributed by atoms with Crippen molar-refractivity contribution in [3.63, 3.8) is 0 Å². The second-order valence-corrected chi connectivity index (χ2v) is 4.62. The first-order valence-corrected chi connectivity index (χ1v) is 6.48. The molecular formula is C14H22N2O3. The predicted molar refractivity (Wildman–Crippen MR) is 74.3 cm³/mol. The van der Waals surface area contributed by atoms with Gasteiger partial charge < -0.3 is 24.8 Å². The summed E-state index contributed by atoms with van der Waals surface area (Å²) in [6, 6.07) is 4.39. The summed E-state index contributed by atoms with van der Waals surface area (Å²) in [7, 11) is 4.94. The van der Waals surface area contributed by atoms with Crippen LogP contribution in [0.3, 0.4) is 0 Å². The van der Waals surface area contributed by atoms with Crippen molar-refractivity contribution in [3.05, 3.63) is 17.7 Å². The molecule has 0 saturated carbocycles. The van der Waals surface area contributed by atoms with Crippen molar-refractivity contribution in [2.24, 2.45) is 0 Å². The van der Waals surface area contributed by atoms with Crippen LogP contribution in [0.2, 0.25) is 0 Å². The highest BCUT2D eigenvalue weighted by atomic mass is 16.5. The molecule has 1 aliphatic heterocycles. The second-order valence-electron chi connectivity index (χ2n) is 4.62. The fraction of sp³-hybridized carbons (Fsp3) is 0.571. The van der Waals surface area contributed by atoms with Gasteiger partial charge in [0, 0.05) is 30.8 Å². The summed E-state index contributed by atoms with van der Waals surface area (Å²) in [6.07, 6.45) is 0. The van der Waals surface area contributed by atoms with Crippen LogP contribution in [0.5, 0.6) is 17.2 Å². The first-order chi connectivity index (χ1) is 9.21. The van der Waals surface area contributed by atoms with E-state index in [9.17, 15) is 0 Å². The van der Waals surface area contributed by atoms with Crippen LogP contribution in [0.25, 0.3) is 0 Å². The molecule has 106 valence electrons. The van der Waals surface area contributed by atoms with E-state index in [0.717, 1.165) is 30.2 Å². The molecule has 0 aliphatic carbocycles. The van der Waals surface area contributed by atoms with Gasteiger partial charge in [-0.05, 0) is 13.0 Å². The van der Waals surface area contributed by atoms with Crippen molar-refractivity contribution in [2.45, 2.75) is 19.0 Å². The van der Waals surface area contributed by atoms with Crippen molar-refractivity contribution in [1.82, 2.24) is 10.6 Å². The predicted octanol–water partition coefficient (Wildman–Crippen LogP) is 1.33. The molecule has 1 fully saturated rings. The molecule has 1 aliphatic rings. The number of benzene rings is 1. The number of rotatable bonds is 4. The van der Waals surface area contributed by atoms with E-state index in [1.54, 1.807) is 21.3 Å². The lowest BCUT2D eigenvalue weighted by molar-refractivity contribution is 0.320. The summed E-state index contributed by atoms with van der Waals surface area (Å²) in [6.45, 7) is 4.08. The minimum atomic E-state index is 0.198. The van der Waals surface area contributed by atoms with E-state index in [1.807, 2.05) is 12.1 Å². The van der Waals surface area contributed by atoms with Gasteiger partial charge in [0.25, 0.3) is 0 Å². The summed E-state index contributed by atoms with van der Waals surface area (Å²) >= 11 is 0. The quantitative estimate of drug-likeness (QED) is 0.861. The normalized spacial score (nSPS) is 22.9. The molecule has 0 spiro atoms. The Kier molecular flexibility index (Phi) is 4.50. The molecule has 2 rings (SSSR count). The van der Waals surface area contributed by atoms with Gasteiger partial charge in [-0.3, -0.25) is 0 Å². The Hall–Kier alpha value is -1.46. The van der Waals surface area contributed by atoms with Gasteiger partial charge in [-0.2, -0.15) is 0 Å². The molecule has 2 unspecified atom stereocenters. The van der Waals surface area contributed by atoms with Crippen molar-refractivity contribution in [2.75, 3.05) is 34.4 Å². The maximum absolute atomic E-state index is 5.49. The van der Waals surface area contributed by atoms with Gasteiger partial charge in [0.05, 0.1) is 27.4 Å². The lowest BCUT2D eigenvalue weighted by atomic mass is 9.97. The van der Waals surface area contributed by atoms with E-state index in [1.165, 1.54) is 0 Å². The van der Waals surface area contributed by atoms with E-state index in [-0.39, 0.29) is 6.04 Å². The van der Waals surface area contributed by atoms with Gasteiger partial charge in [-0.1, -0.05) is 0 Å². The van der Waals surface area contributed by atoms with Crippen molar-refractivity contribution < 1.29 is 14.2 Å². The Morgan fingerprint density at radius 2 is 1.47 bits per heavy atom. The Labute approximate surface area is 114 Å². The van der Waals surface area contributed by atoms with Crippen LogP contribution >= 0.6 is 0 Å². The van der Waals surface area contributed by atoms with Gasteiger partial charge >= 0.3 is 0 Å². The Balaban J connectivity index is 2.42. The average Bonchev–Trinajstić information content (AvgIpc) is 2.46. The summed E-state index contributed by atoms with van der Waals surface area (Å²) in [5, 5.41) is 6.97. The highest BCUT2D eigenvalue weighted by molar-refractivity contribution is 5.52. The first kappa shape index (κ1) is 14.0. The van der Waals surface area contributed by atoms with E-state index in [0.29, 0.717) is 11.8 Å². The Bertz CT molecular complexity index is 437. The van der Waals surface area contributed by atoms with E-state index < -0.39 is 0 Å². The lowest BCUT2D eigenvalue weighted by Crippen LogP contribution is -2.49. The molecule has 2 atom stereocenters. The fourth-order valence-electron chi connectivity index (χ4n) is 2.50. The topological polar surface area (TPSA) is 51.8 Å². The molecule has 5 nitrogen and oxygen atoms in total. The number of methoxy groups -OCH3 is 3. The molecule has 1 aromatic rings. The van der Waals surface area contributed by atoms with Gasteiger partial charge in [0.1, 0.15) is 5.75 Å². The maximum atomic E-state index is 5.49. The zero-order valence-electron chi connectivity index (χ0n) is 11.9. The standard InChI is InChI=1S/C14H22N2O3/c1-9-14(16-6-5-15-9)10-7-12(18-3)13(19-4)8-11(10)17-2/h7-9,14-16H,5-6H2,1-4H3. The van der Waals surface area contributed by atoms with E-state index in [2.05, 4.69) is 17.6 Å². The molecule has 19 heavy (non-hydrogen) atoms. The van der Waals surface area contributed by atoms with Gasteiger partial charge in [-0.15, -0.1) is 0 Å². The lowest BCUT2D eigenvalue weighted by Gasteiger charge is -2.32. The molecular weight excluding hydrogens is 244 g/mol. The van der Waals surface area contributed by atoms with Crippen LogP contribution < -0.4 is 24.8 Å². The second kappa shape index (κ2) is 6.12. The summed E-state index contributed by atoms with van der Waals surface area (Å²) < 4.78 is 16.2. The SMILES string of the molecule is COc1cc(OC)c(C2NCCNC2C)cc1OC. The molecule has 0 radical (unpaired) electrons. The molecule has 1 saturated heterocycles. The number of nitrogens with one attached hydrogen (secondary N) is 2. The number of piperazine rings is 1. The van der Waals surface area contributed by atoms with Gasteiger partial charge in [0.15, 0.2) is 11.5 Å². The summed E-state index contributed by atoms with van der Waals surface area (Å²) in [4.78, 5) is 0. The first-order valence-electron chi connectivity index (χ1n) is 6.48. The largest absolute Gasteiger partial charge is 0.496 e. The molecule has 5 heteroatoms. The van der Waals surface area contributed by atoms with Crippen LogP contribution in [-0.4, -0.2) is 40.5 Å². The third-order valence-corrected chi connectivity index (χ3v) is 3.53. The van der Waals surface area contributed by atoms with Crippen LogP contribution in [0, 0.1) is 0 Å². The molecule has 2 N–H and O–H groups in total. The number of hydrogen-bond acceptors (Lipinski definition) is 5. The zero-order chi connectivity index (χ0) is 13.8. The van der Waals surface area contributed by atoms with Crippen LogP contribution in [0.4, 0.5) is 0 Å². The van der Waals surface area contributed by atoms with Crippen molar-refractivity contribution in [3.8, 4) is 17.2 Å². The third-order valence-electron chi connectivity index (χ3n) is 3.53. The summed E-state index contributed by atoms with van der Waals surface area (Å²) in [5.41, 5.74) is 1.08.